The number of carbonyl (C=O) groups is 7. The highest BCUT2D eigenvalue weighted by atomic mass is 16.7. The van der Waals surface area contributed by atoms with Gasteiger partial charge in [0.25, 0.3) is 11.8 Å². The van der Waals surface area contributed by atoms with Crippen molar-refractivity contribution in [3.05, 3.63) is 0 Å². The summed E-state index contributed by atoms with van der Waals surface area (Å²) >= 11 is 0. The number of carbonyl (C=O) groups excluding carboxylic acids is 7. The Morgan fingerprint density at radius 3 is 1.58 bits per heavy atom. The summed E-state index contributed by atoms with van der Waals surface area (Å²) in [6.07, 6.45) is -27.6. The molecule has 34 nitrogen and oxygen atoms in total. The Bertz CT molecular complexity index is 2110. The van der Waals surface area contributed by atoms with Gasteiger partial charge >= 0.3 is 5.97 Å². The molecular weight excluding hydrogens is 1140 g/mol. The number of hydrogen-bond acceptors (Lipinski definition) is 29. The number of rotatable bonds is 34. The van der Waals surface area contributed by atoms with Gasteiger partial charge in [0.2, 0.25) is 23.6 Å². The van der Waals surface area contributed by atoms with Crippen LogP contribution in [-0.4, -0.2) is 313 Å². The first-order chi connectivity index (χ1) is 40.4. The lowest BCUT2D eigenvalue weighted by Gasteiger charge is -2.46. The van der Waals surface area contributed by atoms with Crippen molar-refractivity contribution >= 4 is 41.4 Å². The Morgan fingerprint density at radius 1 is 0.518 bits per heavy atom. The van der Waals surface area contributed by atoms with Gasteiger partial charge in [0.05, 0.1) is 64.4 Å². The Balaban J connectivity index is 1.11. The van der Waals surface area contributed by atoms with Gasteiger partial charge in [-0.05, 0) is 39.0 Å². The highest BCUT2D eigenvalue weighted by molar-refractivity contribution is 6.01. The van der Waals surface area contributed by atoms with Crippen LogP contribution in [0.25, 0.3) is 0 Å². The molecule has 0 aromatic rings. The monoisotopic (exact) mass is 1230 g/mol. The van der Waals surface area contributed by atoms with E-state index in [1.165, 1.54) is 11.8 Å². The van der Waals surface area contributed by atoms with Crippen LogP contribution >= 0.6 is 0 Å². The van der Waals surface area contributed by atoms with E-state index in [0.29, 0.717) is 43.6 Å². The molecule has 5 fully saturated rings. The minimum atomic E-state index is -1.88. The van der Waals surface area contributed by atoms with E-state index in [9.17, 15) is 99.9 Å². The third kappa shape index (κ3) is 21.4. The number of ether oxygens (including phenoxy) is 7. The molecule has 1 aliphatic carbocycles. The number of unbranched alkanes of at least 4 members (excludes halogenated alkanes) is 4. The Labute approximate surface area is 488 Å². The minimum absolute atomic E-state index is 0.0474. The molecular formula is C51H86N6O28. The molecule has 17 N–H and O–H groups in total. The number of nitrogens with one attached hydrogen (secondary N) is 4. The van der Waals surface area contributed by atoms with Crippen molar-refractivity contribution in [2.24, 2.45) is 5.92 Å². The quantitative estimate of drug-likeness (QED) is 0.0210. The summed E-state index contributed by atoms with van der Waals surface area (Å²) < 4.78 is 39.2. The van der Waals surface area contributed by atoms with Crippen LogP contribution < -0.4 is 21.3 Å². The third-order valence-electron chi connectivity index (χ3n) is 14.9. The molecule has 1 saturated carbocycles. The molecule has 6 amide bonds. The number of imide groups is 1. The summed E-state index contributed by atoms with van der Waals surface area (Å²) in [6.45, 7) is -2.35. The lowest BCUT2D eigenvalue weighted by atomic mass is 9.81. The van der Waals surface area contributed by atoms with Crippen LogP contribution in [0, 0.1) is 5.92 Å². The zero-order valence-electron chi connectivity index (χ0n) is 47.1. The van der Waals surface area contributed by atoms with Gasteiger partial charge in [0, 0.05) is 64.4 Å². The largest absolute Gasteiger partial charge is 0.396 e. The van der Waals surface area contributed by atoms with Gasteiger partial charge in [-0.3, -0.25) is 33.7 Å². The van der Waals surface area contributed by atoms with Crippen molar-refractivity contribution < 1.29 is 138 Å². The van der Waals surface area contributed by atoms with Crippen LogP contribution in [0.3, 0.4) is 0 Å². The molecule has 5 aliphatic rings. The van der Waals surface area contributed by atoms with Crippen LogP contribution in [-0.2, 0) is 71.6 Å². The first-order valence-electron chi connectivity index (χ1n) is 28.5. The maximum atomic E-state index is 13.4. The van der Waals surface area contributed by atoms with E-state index in [1.807, 2.05) is 0 Å². The smallest absolute Gasteiger partial charge is 0.333 e. The number of amides is 6. The van der Waals surface area contributed by atoms with Crippen molar-refractivity contribution in [3.8, 4) is 0 Å². The van der Waals surface area contributed by atoms with Crippen LogP contribution in [0.5, 0.6) is 0 Å². The van der Waals surface area contributed by atoms with E-state index in [1.54, 1.807) is 0 Å². The van der Waals surface area contributed by atoms with Crippen molar-refractivity contribution in [1.29, 1.82) is 0 Å². The van der Waals surface area contributed by atoms with Crippen LogP contribution in [0.15, 0.2) is 0 Å². The maximum absolute atomic E-state index is 13.4. The number of aliphatic hydroxyl groups is 13. The van der Waals surface area contributed by atoms with Gasteiger partial charge in [0.1, 0.15) is 79.4 Å². The predicted molar refractivity (Wildman–Crippen MR) is 279 cm³/mol. The van der Waals surface area contributed by atoms with Gasteiger partial charge in [0.15, 0.2) is 18.9 Å². The Kier molecular flexibility index (Phi) is 29.9. The lowest BCUT2D eigenvalue weighted by Crippen LogP contribution is -2.64. The predicted octanol–water partition coefficient (Wildman–Crippen LogP) is -9.55. The van der Waals surface area contributed by atoms with E-state index in [-0.39, 0.29) is 70.8 Å². The first-order valence-corrected chi connectivity index (χ1v) is 28.5. The van der Waals surface area contributed by atoms with Crippen LogP contribution in [0.1, 0.15) is 77.6 Å². The van der Waals surface area contributed by atoms with Gasteiger partial charge in [-0.15, -0.1) is 5.06 Å². The summed E-state index contributed by atoms with van der Waals surface area (Å²) in [5.41, 5.74) is 0. The van der Waals surface area contributed by atoms with Gasteiger partial charge in [-0.2, -0.15) is 0 Å². The highest BCUT2D eigenvalue weighted by Gasteiger charge is 2.52. The summed E-state index contributed by atoms with van der Waals surface area (Å²) in [4.78, 5) is 93.8. The second-order valence-electron chi connectivity index (χ2n) is 21.5. The van der Waals surface area contributed by atoms with Crippen molar-refractivity contribution in [1.82, 2.24) is 31.2 Å². The molecule has 0 spiro atoms. The van der Waals surface area contributed by atoms with Gasteiger partial charge < -0.3 is 126 Å². The fourth-order valence-corrected chi connectivity index (χ4v) is 9.87. The molecule has 0 aromatic carbocycles. The average molecular weight is 1230 g/mol. The summed E-state index contributed by atoms with van der Waals surface area (Å²) in [5.74, 6) is -5.10. The summed E-state index contributed by atoms with van der Waals surface area (Å²) in [7, 11) is 0. The van der Waals surface area contributed by atoms with E-state index in [0.717, 1.165) is 0 Å². The Hall–Kier alpha value is -4.35. The van der Waals surface area contributed by atoms with E-state index < -0.39 is 204 Å². The number of nitrogens with zero attached hydrogens (tertiary/aromatic N) is 2. The topological polar surface area (TPSA) is 511 Å². The zero-order chi connectivity index (χ0) is 62.5. The maximum Gasteiger partial charge on any atom is 0.333 e. The SMILES string of the molecule is C[C@@H]1O[C@@H](OCCNC(=O)CCCCCNC(=O)CN(CC(=O)NCCCCCC(=O)ON2C(=O)CCC2=O)CC(=O)NCCO[C@H]2O[C@H](CO[C@H]3O[C@H](CO)[C@@H](O)[C@H](O)[C@@H]3O)[C@@H](O)[C@H](O[C@H]3C[C@H](CO)[C@@H](O)[C@H](O)[C@@H]3O)[C@@H]2O)[C@@H](O)[C@H](O)[C@@H]1O. The zero-order valence-corrected chi connectivity index (χ0v) is 47.1. The molecule has 4 aliphatic heterocycles. The Morgan fingerprint density at radius 2 is 1.01 bits per heavy atom. The minimum Gasteiger partial charge on any atom is -0.396 e. The fraction of sp³-hybridized carbons (Fsp3) is 0.863. The van der Waals surface area contributed by atoms with Crippen molar-refractivity contribution in [2.75, 3.05) is 78.8 Å². The van der Waals surface area contributed by atoms with E-state index in [2.05, 4.69) is 21.3 Å². The van der Waals surface area contributed by atoms with Crippen molar-refractivity contribution in [3.63, 3.8) is 0 Å². The normalized spacial score (nSPS) is 34.3. The van der Waals surface area contributed by atoms with Gasteiger partial charge in [-0.1, -0.05) is 12.8 Å². The molecule has 5 rings (SSSR count). The molecule has 4 heterocycles. The fourth-order valence-electron chi connectivity index (χ4n) is 9.87. The van der Waals surface area contributed by atoms with Crippen LogP contribution in [0.4, 0.5) is 0 Å². The molecule has 34 heteroatoms. The molecule has 20 atom stereocenters. The lowest BCUT2D eigenvalue weighted by molar-refractivity contribution is -0.340. The molecule has 85 heavy (non-hydrogen) atoms. The summed E-state index contributed by atoms with van der Waals surface area (Å²) in [5, 5.41) is 146. The molecule has 0 radical (unpaired) electrons. The van der Waals surface area contributed by atoms with Crippen molar-refractivity contribution in [2.45, 2.75) is 194 Å². The third-order valence-corrected chi connectivity index (χ3v) is 14.9. The van der Waals surface area contributed by atoms with Gasteiger partial charge in [-0.25, -0.2) is 4.79 Å². The molecule has 0 bridgehead atoms. The molecule has 4 saturated heterocycles. The highest BCUT2D eigenvalue weighted by Crippen LogP contribution is 2.33. The average Bonchev–Trinajstić information content (AvgIpc) is 3.99. The number of hydrogen-bond donors (Lipinski definition) is 17. The van der Waals surface area contributed by atoms with E-state index >= 15 is 0 Å². The second-order valence-corrected chi connectivity index (χ2v) is 21.5. The number of hydroxylamine groups is 2. The molecule has 0 unspecified atom stereocenters. The second kappa shape index (κ2) is 35.6. The summed E-state index contributed by atoms with van der Waals surface area (Å²) in [6, 6.07) is 0. The molecule has 488 valence electrons. The van der Waals surface area contributed by atoms with E-state index in [4.69, 9.17) is 38.0 Å². The molecule has 0 aromatic heterocycles. The number of aliphatic hydroxyl groups excluding tert-OH is 13. The van der Waals surface area contributed by atoms with Crippen LogP contribution in [0.2, 0.25) is 0 Å². The first kappa shape index (κ1) is 71.4. The standard InChI is InChI=1S/C51H86N6O28/c1-25-37(67)42(72)45(75)49(81-25)78-16-14-54-30(60)8-4-2-6-12-52-31(61)19-56(20-32(62)53-13-7-3-5-9-36(66)85-57-34(64)10-11-35(57)65)21-33(63)55-15-17-79-51-47(77)48(82-27-18-26(22-58)38(68)43(73)39(27)69)41(71)29(84-51)24-80-50-46(76)44(74)40(70)28(23-59)83-50/h25-29,37-51,58-59,67-77H,2-24H2,1H3,(H,52,61)(H,53,62)(H,54,60)(H,55,63)/t25-,26+,27-,28+,29+,37+,38+,39+,40+,41+,42+,43-,44-,45-,46-,47-,48-,49+,50-,51-/m0/s1.